The summed E-state index contributed by atoms with van der Waals surface area (Å²) in [6.07, 6.45) is 0. The van der Waals surface area contributed by atoms with Gasteiger partial charge in [0, 0.05) is 18.3 Å². The van der Waals surface area contributed by atoms with E-state index < -0.39 is 30.4 Å². The number of nitrogens with zero attached hydrogens (tertiary/aromatic N) is 1. The summed E-state index contributed by atoms with van der Waals surface area (Å²) in [6, 6.07) is 2.65. The Morgan fingerprint density at radius 2 is 2.07 bits per heavy atom. The van der Waals surface area contributed by atoms with E-state index in [1.807, 2.05) is 13.8 Å². The van der Waals surface area contributed by atoms with E-state index in [1.165, 1.54) is 17.0 Å². The monoisotopic (exact) mass is 414 g/mol. The molecular weight excluding hydrogens is 390 g/mol. The molecule has 1 heterocycles. The SMILES string of the molecule is CC(C)CN[C@H](C(N)=O)C(=O)Nc1ccc(N2CCOCC2=O)c(OC(F)F)c1. The summed E-state index contributed by atoms with van der Waals surface area (Å²) in [5.74, 6) is -2.14. The minimum Gasteiger partial charge on any atom is -0.433 e. The largest absolute Gasteiger partial charge is 0.433 e. The molecule has 1 fully saturated rings. The number of hydrogen-bond donors (Lipinski definition) is 3. The summed E-state index contributed by atoms with van der Waals surface area (Å²) in [5.41, 5.74) is 5.50. The van der Waals surface area contributed by atoms with Gasteiger partial charge in [-0.05, 0) is 24.6 Å². The summed E-state index contributed by atoms with van der Waals surface area (Å²) in [6.45, 7) is 1.27. The van der Waals surface area contributed by atoms with Crippen molar-refractivity contribution >= 4 is 29.1 Å². The second-order valence-electron chi connectivity index (χ2n) is 6.79. The zero-order chi connectivity index (χ0) is 21.6. The van der Waals surface area contributed by atoms with E-state index in [0.717, 1.165) is 6.07 Å². The second-order valence-corrected chi connectivity index (χ2v) is 6.79. The van der Waals surface area contributed by atoms with Gasteiger partial charge in [-0.15, -0.1) is 0 Å². The number of rotatable bonds is 9. The molecule has 1 aromatic rings. The summed E-state index contributed by atoms with van der Waals surface area (Å²) < 4.78 is 35.3. The zero-order valence-corrected chi connectivity index (χ0v) is 16.1. The zero-order valence-electron chi connectivity index (χ0n) is 16.1. The summed E-state index contributed by atoms with van der Waals surface area (Å²) >= 11 is 0. The third-order valence-electron chi connectivity index (χ3n) is 4.00. The van der Waals surface area contributed by atoms with E-state index in [9.17, 15) is 23.2 Å². The van der Waals surface area contributed by atoms with E-state index in [-0.39, 0.29) is 42.8 Å². The van der Waals surface area contributed by atoms with E-state index in [2.05, 4.69) is 15.4 Å². The third-order valence-corrected chi connectivity index (χ3v) is 4.00. The van der Waals surface area contributed by atoms with E-state index in [1.54, 1.807) is 0 Å². The Morgan fingerprint density at radius 3 is 2.66 bits per heavy atom. The first kappa shape index (κ1) is 22.5. The predicted octanol–water partition coefficient (Wildman–Crippen LogP) is 0.689. The number of alkyl halides is 2. The van der Waals surface area contributed by atoms with Crippen LogP contribution in [0.25, 0.3) is 0 Å². The number of ether oxygens (including phenoxy) is 2. The van der Waals surface area contributed by atoms with Gasteiger partial charge >= 0.3 is 6.61 Å². The number of hydrogen-bond acceptors (Lipinski definition) is 6. The van der Waals surface area contributed by atoms with Gasteiger partial charge in [0.2, 0.25) is 5.91 Å². The average molecular weight is 414 g/mol. The number of nitrogens with one attached hydrogen (secondary N) is 2. The minimum atomic E-state index is -3.14. The normalized spacial score (nSPS) is 15.5. The molecular formula is C18H24F2N4O5. The molecule has 0 aromatic heterocycles. The highest BCUT2D eigenvalue weighted by Crippen LogP contribution is 2.33. The van der Waals surface area contributed by atoms with Crippen LogP contribution in [-0.4, -0.2) is 56.7 Å². The van der Waals surface area contributed by atoms with Gasteiger partial charge in [0.15, 0.2) is 11.8 Å². The van der Waals surface area contributed by atoms with Crippen molar-refractivity contribution in [1.29, 1.82) is 0 Å². The van der Waals surface area contributed by atoms with Crippen LogP contribution in [-0.2, 0) is 19.1 Å². The first-order valence-corrected chi connectivity index (χ1v) is 8.99. The molecule has 29 heavy (non-hydrogen) atoms. The minimum absolute atomic E-state index is 0.104. The van der Waals surface area contributed by atoms with Gasteiger partial charge in [0.25, 0.3) is 11.8 Å². The van der Waals surface area contributed by atoms with Crippen LogP contribution >= 0.6 is 0 Å². The number of carbonyl (C=O) groups is 3. The van der Waals surface area contributed by atoms with E-state index >= 15 is 0 Å². The molecule has 0 aliphatic carbocycles. The Kier molecular flexibility index (Phi) is 7.85. The molecule has 3 amide bonds. The molecule has 0 radical (unpaired) electrons. The number of carbonyl (C=O) groups excluding carboxylic acids is 3. The molecule has 160 valence electrons. The first-order chi connectivity index (χ1) is 13.7. The van der Waals surface area contributed by atoms with Crippen molar-refractivity contribution in [3.05, 3.63) is 18.2 Å². The maximum absolute atomic E-state index is 12.9. The molecule has 2 rings (SSSR count). The molecule has 4 N–H and O–H groups in total. The molecule has 9 nitrogen and oxygen atoms in total. The molecule has 1 atom stereocenters. The van der Waals surface area contributed by atoms with E-state index in [0.29, 0.717) is 6.54 Å². The van der Waals surface area contributed by atoms with Gasteiger partial charge in [-0.1, -0.05) is 13.8 Å². The van der Waals surface area contributed by atoms with Crippen molar-refractivity contribution in [1.82, 2.24) is 5.32 Å². The fraction of sp³-hybridized carbons (Fsp3) is 0.500. The van der Waals surface area contributed by atoms with Crippen LogP contribution in [0.2, 0.25) is 0 Å². The second kappa shape index (κ2) is 10.1. The Labute approximate surface area is 166 Å². The highest BCUT2D eigenvalue weighted by molar-refractivity contribution is 6.09. The fourth-order valence-electron chi connectivity index (χ4n) is 2.67. The molecule has 0 unspecified atom stereocenters. The van der Waals surface area contributed by atoms with Crippen LogP contribution in [0.5, 0.6) is 5.75 Å². The van der Waals surface area contributed by atoms with Gasteiger partial charge in [-0.2, -0.15) is 8.78 Å². The van der Waals surface area contributed by atoms with Gasteiger partial charge in [-0.3, -0.25) is 19.7 Å². The number of primary amides is 1. The number of morpholine rings is 1. The Morgan fingerprint density at radius 1 is 1.34 bits per heavy atom. The number of nitrogens with two attached hydrogens (primary N) is 1. The lowest BCUT2D eigenvalue weighted by atomic mass is 10.1. The van der Waals surface area contributed by atoms with Crippen LogP contribution in [0.15, 0.2) is 18.2 Å². The predicted molar refractivity (Wildman–Crippen MR) is 101 cm³/mol. The molecule has 1 aromatic carbocycles. The number of halogens is 2. The van der Waals surface area contributed by atoms with Crippen LogP contribution in [0.1, 0.15) is 13.8 Å². The van der Waals surface area contributed by atoms with Crippen LogP contribution in [0.4, 0.5) is 20.2 Å². The lowest BCUT2D eigenvalue weighted by Crippen LogP contribution is -2.50. The molecule has 1 saturated heterocycles. The molecule has 1 aliphatic rings. The van der Waals surface area contributed by atoms with Crippen LogP contribution in [0, 0.1) is 5.92 Å². The van der Waals surface area contributed by atoms with Gasteiger partial charge < -0.3 is 25.4 Å². The van der Waals surface area contributed by atoms with Crippen molar-refractivity contribution in [2.45, 2.75) is 26.5 Å². The van der Waals surface area contributed by atoms with Crippen molar-refractivity contribution < 1.29 is 32.6 Å². The van der Waals surface area contributed by atoms with Crippen molar-refractivity contribution in [3.63, 3.8) is 0 Å². The Hall–Kier alpha value is -2.79. The number of benzene rings is 1. The third kappa shape index (κ3) is 6.36. The van der Waals surface area contributed by atoms with E-state index in [4.69, 9.17) is 10.5 Å². The molecule has 0 saturated carbocycles. The highest BCUT2D eigenvalue weighted by Gasteiger charge is 2.27. The van der Waals surface area contributed by atoms with Crippen LogP contribution < -0.4 is 26.0 Å². The lowest BCUT2D eigenvalue weighted by Gasteiger charge is -2.28. The molecule has 0 spiro atoms. The van der Waals surface area contributed by atoms with Gasteiger partial charge in [0.1, 0.15) is 6.61 Å². The van der Waals surface area contributed by atoms with Crippen molar-refractivity contribution in [2.75, 3.05) is 36.5 Å². The maximum Gasteiger partial charge on any atom is 0.387 e. The lowest BCUT2D eigenvalue weighted by molar-refractivity contribution is -0.128. The Bertz CT molecular complexity index is 760. The van der Waals surface area contributed by atoms with Crippen LogP contribution in [0.3, 0.4) is 0 Å². The number of anilines is 2. The fourth-order valence-corrected chi connectivity index (χ4v) is 2.67. The Balaban J connectivity index is 2.23. The highest BCUT2D eigenvalue weighted by atomic mass is 19.3. The smallest absolute Gasteiger partial charge is 0.387 e. The molecule has 0 bridgehead atoms. The van der Waals surface area contributed by atoms with Gasteiger partial charge in [-0.25, -0.2) is 0 Å². The summed E-state index contributed by atoms with van der Waals surface area (Å²) in [7, 11) is 0. The molecule has 1 aliphatic heterocycles. The van der Waals surface area contributed by atoms with Crippen molar-refractivity contribution in [3.8, 4) is 5.75 Å². The maximum atomic E-state index is 12.9. The van der Waals surface area contributed by atoms with Crippen molar-refractivity contribution in [2.24, 2.45) is 11.7 Å². The quantitative estimate of drug-likeness (QED) is 0.511. The summed E-state index contributed by atoms with van der Waals surface area (Å²) in [4.78, 5) is 37.2. The first-order valence-electron chi connectivity index (χ1n) is 8.99. The summed E-state index contributed by atoms with van der Waals surface area (Å²) in [5, 5.41) is 5.20. The van der Waals surface area contributed by atoms with Gasteiger partial charge in [0.05, 0.1) is 12.3 Å². The topological polar surface area (TPSA) is 123 Å². The average Bonchev–Trinajstić information content (AvgIpc) is 2.62. The number of amides is 3. The standard InChI is InChI=1S/C18H24F2N4O5/c1-10(2)8-22-15(16(21)26)17(27)23-11-3-4-12(13(7-11)29-18(19)20)24-5-6-28-9-14(24)25/h3-4,7,10,15,18,22H,5-6,8-9H2,1-2H3,(H2,21,26)(H,23,27)/t15-/m1/s1. The molecule has 11 heteroatoms.